The fourth-order valence-corrected chi connectivity index (χ4v) is 1.66. The Balaban J connectivity index is 2.74. The molecular formula is C12H15BrClNO2. The number of hydrogen-bond acceptors (Lipinski definition) is 2. The lowest BCUT2D eigenvalue weighted by Crippen LogP contribution is -2.28. The molecule has 1 atom stereocenters. The topological polar surface area (TPSA) is 38.3 Å². The predicted octanol–water partition coefficient (Wildman–Crippen LogP) is 3.14. The van der Waals surface area contributed by atoms with Crippen molar-refractivity contribution in [2.45, 2.75) is 25.2 Å². The normalized spacial score (nSPS) is 12.0. The van der Waals surface area contributed by atoms with Crippen LogP contribution in [-0.4, -0.2) is 17.3 Å². The van der Waals surface area contributed by atoms with Crippen LogP contribution < -0.4 is 10.1 Å². The number of amides is 1. The number of ether oxygens (including phenoxy) is 1. The molecule has 1 aromatic rings. The summed E-state index contributed by atoms with van der Waals surface area (Å²) in [5.74, 6) is 0.687. The third kappa shape index (κ3) is 4.56. The molecule has 0 aliphatic carbocycles. The summed E-state index contributed by atoms with van der Waals surface area (Å²) < 4.78 is 5.46. The second-order valence-electron chi connectivity index (χ2n) is 3.52. The highest BCUT2D eigenvalue weighted by atomic mass is 79.9. The Hall–Kier alpha value is -0.740. The lowest BCUT2D eigenvalue weighted by molar-refractivity contribution is -0.120. The zero-order valence-corrected chi connectivity index (χ0v) is 12.1. The van der Waals surface area contributed by atoms with Crippen molar-refractivity contribution < 1.29 is 9.53 Å². The molecule has 0 spiro atoms. The van der Waals surface area contributed by atoms with Gasteiger partial charge in [0.1, 0.15) is 5.75 Å². The van der Waals surface area contributed by atoms with Gasteiger partial charge in [-0.2, -0.15) is 0 Å². The number of rotatable bonds is 5. The van der Waals surface area contributed by atoms with Crippen LogP contribution in [0.1, 0.15) is 19.4 Å². The maximum absolute atomic E-state index is 11.4. The molecule has 1 aromatic carbocycles. The van der Waals surface area contributed by atoms with E-state index in [9.17, 15) is 4.79 Å². The van der Waals surface area contributed by atoms with Crippen LogP contribution in [0.15, 0.2) is 18.2 Å². The van der Waals surface area contributed by atoms with Crippen molar-refractivity contribution in [3.63, 3.8) is 0 Å². The molecule has 1 amide bonds. The van der Waals surface area contributed by atoms with Gasteiger partial charge in [-0.1, -0.05) is 27.5 Å². The molecule has 0 heterocycles. The molecule has 17 heavy (non-hydrogen) atoms. The highest BCUT2D eigenvalue weighted by Gasteiger charge is 2.10. The number of carbonyl (C=O) groups is 1. The first-order valence-electron chi connectivity index (χ1n) is 5.37. The van der Waals surface area contributed by atoms with Gasteiger partial charge in [0.2, 0.25) is 5.91 Å². The van der Waals surface area contributed by atoms with E-state index in [2.05, 4.69) is 21.2 Å². The Morgan fingerprint density at radius 3 is 2.88 bits per heavy atom. The number of nitrogens with one attached hydrogen (secondary N) is 1. The number of alkyl halides is 1. The van der Waals surface area contributed by atoms with Crippen molar-refractivity contribution >= 4 is 33.4 Å². The minimum Gasteiger partial charge on any atom is -0.494 e. The number of hydrogen-bond donors (Lipinski definition) is 1. The minimum atomic E-state index is -0.211. The van der Waals surface area contributed by atoms with E-state index in [1.54, 1.807) is 19.1 Å². The lowest BCUT2D eigenvalue weighted by Gasteiger charge is -2.12. The predicted molar refractivity (Wildman–Crippen MR) is 72.9 cm³/mol. The van der Waals surface area contributed by atoms with Gasteiger partial charge in [-0.3, -0.25) is 4.79 Å². The summed E-state index contributed by atoms with van der Waals surface area (Å²) in [6.07, 6.45) is 0. The second kappa shape index (κ2) is 6.87. The van der Waals surface area contributed by atoms with Crippen LogP contribution in [0.5, 0.6) is 5.75 Å². The molecule has 0 saturated heterocycles. The zero-order valence-electron chi connectivity index (χ0n) is 9.80. The highest BCUT2D eigenvalue weighted by Crippen LogP contribution is 2.22. The van der Waals surface area contributed by atoms with Crippen LogP contribution in [0.25, 0.3) is 0 Å². The van der Waals surface area contributed by atoms with Crippen molar-refractivity contribution in [3.8, 4) is 5.75 Å². The number of halogens is 2. The molecule has 0 aliphatic rings. The number of carbonyl (C=O) groups excluding carboxylic acids is 1. The maximum atomic E-state index is 11.4. The summed E-state index contributed by atoms with van der Waals surface area (Å²) in [5.41, 5.74) is 0.876. The molecule has 0 radical (unpaired) electrons. The van der Waals surface area contributed by atoms with Gasteiger partial charge in [0, 0.05) is 17.1 Å². The zero-order chi connectivity index (χ0) is 12.8. The molecule has 0 aliphatic heterocycles. The molecule has 0 bridgehead atoms. The first kappa shape index (κ1) is 14.3. The van der Waals surface area contributed by atoms with E-state index in [1.807, 2.05) is 13.0 Å². The Labute approximate surface area is 115 Å². The third-order valence-electron chi connectivity index (χ3n) is 2.14. The smallest absolute Gasteiger partial charge is 0.233 e. The second-order valence-corrected chi connectivity index (χ2v) is 5.33. The quantitative estimate of drug-likeness (QED) is 0.847. The lowest BCUT2D eigenvalue weighted by atomic mass is 10.2. The molecular weight excluding hydrogens is 305 g/mol. The largest absolute Gasteiger partial charge is 0.494 e. The fourth-order valence-electron chi connectivity index (χ4n) is 1.31. The van der Waals surface area contributed by atoms with Gasteiger partial charge in [-0.15, -0.1) is 0 Å². The van der Waals surface area contributed by atoms with Crippen LogP contribution in [-0.2, 0) is 11.3 Å². The van der Waals surface area contributed by atoms with Gasteiger partial charge in [-0.25, -0.2) is 0 Å². The first-order chi connectivity index (χ1) is 8.04. The van der Waals surface area contributed by atoms with E-state index in [1.165, 1.54) is 0 Å². The van der Waals surface area contributed by atoms with Crippen molar-refractivity contribution in [1.29, 1.82) is 0 Å². The molecule has 5 heteroatoms. The molecule has 1 unspecified atom stereocenters. The van der Waals surface area contributed by atoms with Gasteiger partial charge >= 0.3 is 0 Å². The van der Waals surface area contributed by atoms with Crippen molar-refractivity contribution in [3.05, 3.63) is 28.8 Å². The average molecular weight is 321 g/mol. The summed E-state index contributed by atoms with van der Waals surface area (Å²) in [7, 11) is 0. The molecule has 1 rings (SSSR count). The summed E-state index contributed by atoms with van der Waals surface area (Å²) in [6.45, 7) is 4.68. The van der Waals surface area contributed by atoms with Gasteiger partial charge in [0.25, 0.3) is 0 Å². The molecule has 0 fully saturated rings. The van der Waals surface area contributed by atoms with Gasteiger partial charge in [0.05, 0.1) is 11.4 Å². The first-order valence-corrected chi connectivity index (χ1v) is 6.67. The van der Waals surface area contributed by atoms with E-state index in [0.717, 1.165) is 11.3 Å². The highest BCUT2D eigenvalue weighted by molar-refractivity contribution is 9.10. The molecule has 3 nitrogen and oxygen atoms in total. The summed E-state index contributed by atoms with van der Waals surface area (Å²) in [6, 6.07) is 5.38. The van der Waals surface area contributed by atoms with Gasteiger partial charge in [0.15, 0.2) is 0 Å². The van der Waals surface area contributed by atoms with Crippen LogP contribution in [0.2, 0.25) is 5.02 Å². The van der Waals surface area contributed by atoms with Crippen molar-refractivity contribution in [1.82, 2.24) is 5.32 Å². The monoisotopic (exact) mass is 319 g/mol. The van der Waals surface area contributed by atoms with E-state index in [-0.39, 0.29) is 10.7 Å². The van der Waals surface area contributed by atoms with E-state index < -0.39 is 0 Å². The number of benzene rings is 1. The van der Waals surface area contributed by atoms with Crippen LogP contribution in [0.4, 0.5) is 0 Å². The molecule has 94 valence electrons. The summed E-state index contributed by atoms with van der Waals surface area (Å²) >= 11 is 9.13. The van der Waals surface area contributed by atoms with E-state index in [4.69, 9.17) is 16.3 Å². The Kier molecular flexibility index (Phi) is 5.78. The summed E-state index contributed by atoms with van der Waals surface area (Å²) in [5, 5.41) is 3.43. The standard InChI is InChI=1S/C12H15BrClNO2/c1-3-17-11-5-4-10(14)6-9(11)7-15-12(16)8(2)13/h4-6,8H,3,7H2,1-2H3,(H,15,16). The van der Waals surface area contributed by atoms with Crippen LogP contribution in [0.3, 0.4) is 0 Å². The molecule has 1 N–H and O–H groups in total. The summed E-state index contributed by atoms with van der Waals surface area (Å²) in [4.78, 5) is 11.2. The van der Waals surface area contributed by atoms with Crippen molar-refractivity contribution in [2.24, 2.45) is 0 Å². The molecule has 0 aromatic heterocycles. The minimum absolute atomic E-state index is 0.0626. The Bertz CT molecular complexity index is 396. The Morgan fingerprint density at radius 1 is 1.59 bits per heavy atom. The third-order valence-corrected chi connectivity index (χ3v) is 2.79. The van der Waals surface area contributed by atoms with Gasteiger partial charge < -0.3 is 10.1 Å². The maximum Gasteiger partial charge on any atom is 0.233 e. The van der Waals surface area contributed by atoms with Crippen LogP contribution in [0, 0.1) is 0 Å². The molecule has 0 saturated carbocycles. The van der Waals surface area contributed by atoms with Crippen molar-refractivity contribution in [2.75, 3.05) is 6.61 Å². The van der Waals surface area contributed by atoms with E-state index >= 15 is 0 Å². The SMILES string of the molecule is CCOc1ccc(Cl)cc1CNC(=O)C(C)Br. The fraction of sp³-hybridized carbons (Fsp3) is 0.417. The average Bonchev–Trinajstić information content (AvgIpc) is 2.29. The van der Waals surface area contributed by atoms with Crippen LogP contribution >= 0.6 is 27.5 Å². The van der Waals surface area contributed by atoms with E-state index in [0.29, 0.717) is 18.2 Å². The Morgan fingerprint density at radius 2 is 2.29 bits per heavy atom. The van der Waals surface area contributed by atoms with Gasteiger partial charge in [-0.05, 0) is 32.0 Å².